The molecule has 5 heteroatoms. The molecule has 0 amide bonds. The number of esters is 2. The molecule has 2 aromatic rings. The summed E-state index contributed by atoms with van der Waals surface area (Å²) in [6.07, 6.45) is -0.889. The number of carbonyl (C=O) groups is 2. The highest BCUT2D eigenvalue weighted by Crippen LogP contribution is 2.32. The van der Waals surface area contributed by atoms with Crippen molar-refractivity contribution in [2.45, 2.75) is 32.5 Å². The van der Waals surface area contributed by atoms with Gasteiger partial charge in [0, 0.05) is 12.0 Å². The number of benzene rings is 2. The minimum absolute atomic E-state index is 0.247. The van der Waals surface area contributed by atoms with Crippen LogP contribution in [0.1, 0.15) is 31.0 Å². The molecule has 3 rings (SSSR count). The first-order chi connectivity index (χ1) is 12.5. The van der Waals surface area contributed by atoms with Gasteiger partial charge in [-0.1, -0.05) is 74.5 Å². The molecular weight excluding hydrogens is 330 g/mol. The first kappa shape index (κ1) is 18.1. The first-order valence-electron chi connectivity index (χ1n) is 8.67. The van der Waals surface area contributed by atoms with E-state index in [-0.39, 0.29) is 6.61 Å². The topological polar surface area (TPSA) is 64.6 Å². The molecule has 0 saturated carbocycles. The van der Waals surface area contributed by atoms with Crippen LogP contribution in [0.4, 0.5) is 0 Å². The van der Waals surface area contributed by atoms with Crippen LogP contribution >= 0.6 is 0 Å². The Morgan fingerprint density at radius 1 is 1.15 bits per heavy atom. The Morgan fingerprint density at radius 3 is 2.35 bits per heavy atom. The third-order valence-corrected chi connectivity index (χ3v) is 4.47. The van der Waals surface area contributed by atoms with Crippen molar-refractivity contribution in [3.05, 3.63) is 71.8 Å². The van der Waals surface area contributed by atoms with Gasteiger partial charge in [0.2, 0.25) is 6.10 Å². The fourth-order valence-electron chi connectivity index (χ4n) is 2.92. The SMILES string of the molecule is CC1(C)COC(=O)[C@@H]1OC(=O)C(NCc1ccccc1)c1ccccc1. The van der Waals surface area contributed by atoms with Gasteiger partial charge in [-0.2, -0.15) is 0 Å². The van der Waals surface area contributed by atoms with Crippen LogP contribution in [0.2, 0.25) is 0 Å². The van der Waals surface area contributed by atoms with Crippen molar-refractivity contribution in [2.24, 2.45) is 5.41 Å². The van der Waals surface area contributed by atoms with E-state index in [4.69, 9.17) is 9.47 Å². The second-order valence-corrected chi connectivity index (χ2v) is 7.12. The average Bonchev–Trinajstić information content (AvgIpc) is 2.90. The summed E-state index contributed by atoms with van der Waals surface area (Å²) in [4.78, 5) is 24.8. The maximum absolute atomic E-state index is 12.9. The quantitative estimate of drug-likeness (QED) is 0.809. The smallest absolute Gasteiger partial charge is 0.348 e. The molecule has 0 radical (unpaired) electrons. The van der Waals surface area contributed by atoms with Crippen molar-refractivity contribution in [3.8, 4) is 0 Å². The lowest BCUT2D eigenvalue weighted by atomic mass is 9.89. The predicted molar refractivity (Wildman–Crippen MR) is 97.1 cm³/mol. The monoisotopic (exact) mass is 353 g/mol. The lowest BCUT2D eigenvalue weighted by Crippen LogP contribution is -2.39. The van der Waals surface area contributed by atoms with Crippen LogP contribution in [-0.2, 0) is 25.6 Å². The molecule has 1 fully saturated rings. The van der Waals surface area contributed by atoms with Gasteiger partial charge in [0.25, 0.3) is 0 Å². The van der Waals surface area contributed by atoms with Crippen LogP contribution in [0, 0.1) is 5.41 Å². The van der Waals surface area contributed by atoms with E-state index in [0.29, 0.717) is 6.54 Å². The van der Waals surface area contributed by atoms with E-state index in [0.717, 1.165) is 11.1 Å². The van der Waals surface area contributed by atoms with Crippen LogP contribution in [-0.4, -0.2) is 24.6 Å². The number of rotatable bonds is 6. The molecular formula is C21H23NO4. The standard InChI is InChI=1S/C21H23NO4/c1-21(2)14-25-20(24)18(21)26-19(23)17(16-11-7-4-8-12-16)22-13-15-9-5-3-6-10-15/h3-12,17-18,22H,13-14H2,1-2H3/t17?,18-/m0/s1. The van der Waals surface area contributed by atoms with E-state index in [2.05, 4.69) is 5.32 Å². The van der Waals surface area contributed by atoms with Crippen molar-refractivity contribution in [3.63, 3.8) is 0 Å². The van der Waals surface area contributed by atoms with E-state index in [9.17, 15) is 9.59 Å². The average molecular weight is 353 g/mol. The highest BCUT2D eigenvalue weighted by atomic mass is 16.6. The largest absolute Gasteiger partial charge is 0.462 e. The Bertz CT molecular complexity index is 758. The highest BCUT2D eigenvalue weighted by molar-refractivity contribution is 5.84. The second kappa shape index (κ2) is 7.70. The molecule has 1 saturated heterocycles. The molecule has 0 spiro atoms. The van der Waals surface area contributed by atoms with Crippen molar-refractivity contribution in [1.82, 2.24) is 5.32 Å². The molecule has 1 unspecified atom stereocenters. The van der Waals surface area contributed by atoms with E-state index in [1.54, 1.807) is 0 Å². The van der Waals surface area contributed by atoms with Gasteiger partial charge in [0.05, 0.1) is 0 Å². The summed E-state index contributed by atoms with van der Waals surface area (Å²) in [6.45, 7) is 4.46. The molecule has 136 valence electrons. The Hall–Kier alpha value is -2.66. The minimum Gasteiger partial charge on any atom is -0.462 e. The summed E-state index contributed by atoms with van der Waals surface area (Å²) in [5.74, 6) is -0.970. The van der Waals surface area contributed by atoms with Crippen LogP contribution in [0.15, 0.2) is 60.7 Å². The zero-order valence-corrected chi connectivity index (χ0v) is 15.0. The Kier molecular flexibility index (Phi) is 5.38. The van der Waals surface area contributed by atoms with Crippen molar-refractivity contribution in [1.29, 1.82) is 0 Å². The van der Waals surface area contributed by atoms with Gasteiger partial charge >= 0.3 is 11.9 Å². The molecule has 2 aromatic carbocycles. The molecule has 0 bridgehead atoms. The summed E-state index contributed by atoms with van der Waals surface area (Å²) >= 11 is 0. The third-order valence-electron chi connectivity index (χ3n) is 4.47. The number of cyclic esters (lactones) is 1. The Balaban J connectivity index is 1.76. The van der Waals surface area contributed by atoms with Crippen molar-refractivity contribution >= 4 is 11.9 Å². The van der Waals surface area contributed by atoms with Gasteiger partial charge in [-0.3, -0.25) is 5.32 Å². The highest BCUT2D eigenvalue weighted by Gasteiger charge is 2.47. The van der Waals surface area contributed by atoms with Gasteiger partial charge in [-0.25, -0.2) is 9.59 Å². The maximum Gasteiger partial charge on any atom is 0.348 e. The summed E-state index contributed by atoms with van der Waals surface area (Å²) in [5, 5.41) is 3.24. The fourth-order valence-corrected chi connectivity index (χ4v) is 2.92. The maximum atomic E-state index is 12.9. The normalized spacial score (nSPS) is 19.6. The van der Waals surface area contributed by atoms with E-state index in [1.165, 1.54) is 0 Å². The second-order valence-electron chi connectivity index (χ2n) is 7.12. The summed E-state index contributed by atoms with van der Waals surface area (Å²) in [5.41, 5.74) is 1.31. The Morgan fingerprint density at radius 2 is 1.77 bits per heavy atom. The van der Waals surface area contributed by atoms with Gasteiger partial charge in [0.15, 0.2) is 0 Å². The molecule has 1 aliphatic heterocycles. The lowest BCUT2D eigenvalue weighted by molar-refractivity contribution is -0.165. The zero-order chi connectivity index (χ0) is 18.6. The minimum atomic E-state index is -0.889. The lowest BCUT2D eigenvalue weighted by Gasteiger charge is -2.25. The van der Waals surface area contributed by atoms with Gasteiger partial charge in [-0.05, 0) is 11.1 Å². The molecule has 0 aliphatic carbocycles. The summed E-state index contributed by atoms with van der Waals surface area (Å²) in [6, 6.07) is 18.5. The van der Waals surface area contributed by atoms with Crippen LogP contribution in [0.5, 0.6) is 0 Å². The fraction of sp³-hybridized carbons (Fsp3) is 0.333. The number of hydrogen-bond donors (Lipinski definition) is 1. The van der Waals surface area contributed by atoms with Crippen molar-refractivity contribution in [2.75, 3.05) is 6.61 Å². The van der Waals surface area contributed by atoms with Crippen LogP contribution in [0.3, 0.4) is 0 Å². The third kappa shape index (κ3) is 4.11. The van der Waals surface area contributed by atoms with Gasteiger partial charge < -0.3 is 9.47 Å². The summed E-state index contributed by atoms with van der Waals surface area (Å²) in [7, 11) is 0. The number of ether oxygens (including phenoxy) is 2. The van der Waals surface area contributed by atoms with E-state index < -0.39 is 29.5 Å². The van der Waals surface area contributed by atoms with Crippen LogP contribution < -0.4 is 5.32 Å². The zero-order valence-electron chi connectivity index (χ0n) is 15.0. The van der Waals surface area contributed by atoms with Crippen molar-refractivity contribution < 1.29 is 19.1 Å². The van der Waals surface area contributed by atoms with Crippen LogP contribution in [0.25, 0.3) is 0 Å². The summed E-state index contributed by atoms with van der Waals surface area (Å²) < 4.78 is 10.6. The van der Waals surface area contributed by atoms with Gasteiger partial charge in [-0.15, -0.1) is 0 Å². The molecule has 26 heavy (non-hydrogen) atoms. The predicted octanol–water partition coefficient (Wildman–Crippen LogP) is 3.01. The molecule has 0 aromatic heterocycles. The number of carbonyl (C=O) groups excluding carboxylic acids is 2. The van der Waals surface area contributed by atoms with E-state index >= 15 is 0 Å². The molecule has 2 atom stereocenters. The first-order valence-corrected chi connectivity index (χ1v) is 8.67. The number of nitrogens with one attached hydrogen (secondary N) is 1. The van der Waals surface area contributed by atoms with Gasteiger partial charge in [0.1, 0.15) is 12.6 Å². The van der Waals surface area contributed by atoms with E-state index in [1.807, 2.05) is 74.5 Å². The molecule has 5 nitrogen and oxygen atoms in total. The molecule has 1 N–H and O–H groups in total. The number of hydrogen-bond acceptors (Lipinski definition) is 5. The Labute approximate surface area is 153 Å². The molecule has 1 aliphatic rings. The molecule has 1 heterocycles.